The van der Waals surface area contributed by atoms with Gasteiger partial charge in [0, 0.05) is 12.1 Å². The van der Waals surface area contributed by atoms with Gasteiger partial charge < -0.3 is 10.1 Å². The number of aryl methyl sites for hydroxylation is 1. The minimum absolute atomic E-state index is 0.0243. The highest BCUT2D eigenvalue weighted by Crippen LogP contribution is 2.23. The number of nitrogens with zero attached hydrogens (tertiary/aromatic N) is 1. The number of aromatic nitrogens is 1. The Morgan fingerprint density at radius 2 is 1.96 bits per heavy atom. The second-order valence-electron chi connectivity index (χ2n) is 5.21. The van der Waals surface area contributed by atoms with E-state index < -0.39 is 0 Å². The summed E-state index contributed by atoms with van der Waals surface area (Å²) in [6.07, 6.45) is 2.11. The van der Waals surface area contributed by atoms with Gasteiger partial charge >= 0.3 is 0 Å². The summed E-state index contributed by atoms with van der Waals surface area (Å²) in [5, 5.41) is 3.98. The van der Waals surface area contributed by atoms with Crippen molar-refractivity contribution in [2.45, 2.75) is 19.3 Å². The maximum absolute atomic E-state index is 12.0. The third-order valence-electron chi connectivity index (χ3n) is 3.51. The quantitative estimate of drug-likeness (QED) is 0.736. The molecule has 23 heavy (non-hydrogen) atoms. The number of methoxy groups -OCH3 is 1. The van der Waals surface area contributed by atoms with Crippen molar-refractivity contribution in [3.05, 3.63) is 53.5 Å². The van der Waals surface area contributed by atoms with Gasteiger partial charge in [-0.1, -0.05) is 12.1 Å². The number of benzene rings is 2. The SMILES string of the molecule is COc1ccc(NC(=O)CCCc2nc3ccccc3s2)cc1. The van der Waals surface area contributed by atoms with E-state index in [1.807, 2.05) is 42.5 Å². The molecule has 0 unspecified atom stereocenters. The summed E-state index contributed by atoms with van der Waals surface area (Å²) < 4.78 is 6.29. The van der Waals surface area contributed by atoms with Gasteiger partial charge in [-0.25, -0.2) is 4.98 Å². The predicted octanol–water partition coefficient (Wildman–Crippen LogP) is 4.27. The van der Waals surface area contributed by atoms with Crippen molar-refractivity contribution in [2.24, 2.45) is 0 Å². The number of carbonyl (C=O) groups is 1. The van der Waals surface area contributed by atoms with Gasteiger partial charge in [-0.2, -0.15) is 0 Å². The molecule has 1 amide bonds. The van der Waals surface area contributed by atoms with E-state index in [1.165, 1.54) is 4.70 Å². The van der Waals surface area contributed by atoms with Gasteiger partial charge in [0.15, 0.2) is 0 Å². The fourth-order valence-electron chi connectivity index (χ4n) is 2.32. The molecule has 3 rings (SSSR count). The molecule has 0 spiro atoms. The highest BCUT2D eigenvalue weighted by atomic mass is 32.1. The molecule has 0 atom stereocenters. The zero-order valence-corrected chi connectivity index (χ0v) is 13.7. The van der Waals surface area contributed by atoms with E-state index in [0.29, 0.717) is 6.42 Å². The lowest BCUT2D eigenvalue weighted by Crippen LogP contribution is -2.11. The van der Waals surface area contributed by atoms with Crippen molar-refractivity contribution in [1.29, 1.82) is 0 Å². The summed E-state index contributed by atoms with van der Waals surface area (Å²) in [4.78, 5) is 16.6. The molecule has 0 bridgehead atoms. The maximum atomic E-state index is 12.0. The average molecular weight is 326 g/mol. The van der Waals surface area contributed by atoms with E-state index in [4.69, 9.17) is 4.74 Å². The van der Waals surface area contributed by atoms with Crippen molar-refractivity contribution >= 4 is 33.1 Å². The Labute approximate surface area is 139 Å². The molecule has 1 aromatic heterocycles. The Hall–Kier alpha value is -2.40. The minimum Gasteiger partial charge on any atom is -0.497 e. The number of para-hydroxylation sites is 1. The van der Waals surface area contributed by atoms with Crippen LogP contribution in [0.1, 0.15) is 17.8 Å². The third kappa shape index (κ3) is 4.07. The van der Waals surface area contributed by atoms with Gasteiger partial charge in [-0.3, -0.25) is 4.79 Å². The molecule has 0 aliphatic heterocycles. The maximum Gasteiger partial charge on any atom is 0.224 e. The first-order chi connectivity index (χ1) is 11.2. The van der Waals surface area contributed by atoms with E-state index in [-0.39, 0.29) is 5.91 Å². The fraction of sp³-hybridized carbons (Fsp3) is 0.222. The van der Waals surface area contributed by atoms with Crippen LogP contribution >= 0.6 is 11.3 Å². The van der Waals surface area contributed by atoms with Crippen molar-refractivity contribution < 1.29 is 9.53 Å². The number of nitrogens with one attached hydrogen (secondary N) is 1. The lowest BCUT2D eigenvalue weighted by Gasteiger charge is -2.05. The predicted molar refractivity (Wildman–Crippen MR) is 94.2 cm³/mol. The number of ether oxygens (including phenoxy) is 1. The summed E-state index contributed by atoms with van der Waals surface area (Å²) in [5.74, 6) is 0.801. The van der Waals surface area contributed by atoms with Gasteiger partial charge in [0.25, 0.3) is 0 Å². The molecule has 2 aromatic carbocycles. The second kappa shape index (κ2) is 7.24. The fourth-order valence-corrected chi connectivity index (χ4v) is 3.33. The van der Waals surface area contributed by atoms with Crippen molar-refractivity contribution in [3.8, 4) is 5.75 Å². The largest absolute Gasteiger partial charge is 0.497 e. The van der Waals surface area contributed by atoms with Crippen LogP contribution in [0.25, 0.3) is 10.2 Å². The number of fused-ring (bicyclic) bond motifs is 1. The van der Waals surface area contributed by atoms with Crippen LogP contribution in [0.3, 0.4) is 0 Å². The van der Waals surface area contributed by atoms with E-state index >= 15 is 0 Å². The molecule has 0 saturated carbocycles. The Kier molecular flexibility index (Phi) is 4.88. The van der Waals surface area contributed by atoms with Crippen molar-refractivity contribution in [1.82, 2.24) is 4.98 Å². The molecular weight excluding hydrogens is 308 g/mol. The smallest absolute Gasteiger partial charge is 0.224 e. The number of anilines is 1. The first-order valence-corrected chi connectivity index (χ1v) is 8.34. The van der Waals surface area contributed by atoms with E-state index in [1.54, 1.807) is 18.4 Å². The topological polar surface area (TPSA) is 51.2 Å². The molecule has 0 aliphatic rings. The summed E-state index contributed by atoms with van der Waals surface area (Å²) in [5.41, 5.74) is 1.82. The summed E-state index contributed by atoms with van der Waals surface area (Å²) in [6.45, 7) is 0. The van der Waals surface area contributed by atoms with Crippen molar-refractivity contribution in [3.63, 3.8) is 0 Å². The second-order valence-corrected chi connectivity index (χ2v) is 6.32. The molecule has 0 saturated heterocycles. The monoisotopic (exact) mass is 326 g/mol. The highest BCUT2D eigenvalue weighted by molar-refractivity contribution is 7.18. The lowest BCUT2D eigenvalue weighted by atomic mass is 10.2. The molecule has 1 N–H and O–H groups in total. The van der Waals surface area contributed by atoms with E-state index in [2.05, 4.69) is 16.4 Å². The Morgan fingerprint density at radius 3 is 2.70 bits per heavy atom. The summed E-state index contributed by atoms with van der Waals surface area (Å²) in [6, 6.07) is 15.4. The number of rotatable bonds is 6. The number of amides is 1. The first kappa shape index (κ1) is 15.5. The number of hydrogen-bond acceptors (Lipinski definition) is 4. The first-order valence-electron chi connectivity index (χ1n) is 7.53. The van der Waals surface area contributed by atoms with Gasteiger partial charge in [0.2, 0.25) is 5.91 Å². The lowest BCUT2D eigenvalue weighted by molar-refractivity contribution is -0.116. The van der Waals surface area contributed by atoms with Crippen LogP contribution in [0, 0.1) is 0 Å². The molecule has 0 fully saturated rings. The molecule has 1 heterocycles. The Balaban J connectivity index is 1.48. The van der Waals surface area contributed by atoms with Gasteiger partial charge in [-0.05, 0) is 49.2 Å². The number of hydrogen-bond donors (Lipinski definition) is 1. The molecule has 4 nitrogen and oxygen atoms in total. The van der Waals surface area contributed by atoms with Crippen LogP contribution in [-0.2, 0) is 11.2 Å². The zero-order valence-electron chi connectivity index (χ0n) is 12.9. The van der Waals surface area contributed by atoms with Crippen LogP contribution in [0.15, 0.2) is 48.5 Å². The Morgan fingerprint density at radius 1 is 1.17 bits per heavy atom. The summed E-state index contributed by atoms with van der Waals surface area (Å²) in [7, 11) is 1.62. The zero-order chi connectivity index (χ0) is 16.1. The number of carbonyl (C=O) groups excluding carboxylic acids is 1. The minimum atomic E-state index is 0.0243. The molecule has 0 radical (unpaired) electrons. The number of thiazole rings is 1. The van der Waals surface area contributed by atoms with Crippen LogP contribution in [0.5, 0.6) is 5.75 Å². The average Bonchev–Trinajstić information content (AvgIpc) is 2.98. The highest BCUT2D eigenvalue weighted by Gasteiger charge is 2.06. The van der Waals surface area contributed by atoms with Crippen LogP contribution < -0.4 is 10.1 Å². The van der Waals surface area contributed by atoms with Gasteiger partial charge in [0.1, 0.15) is 5.75 Å². The van der Waals surface area contributed by atoms with Gasteiger partial charge in [-0.15, -0.1) is 11.3 Å². The summed E-state index contributed by atoms with van der Waals surface area (Å²) >= 11 is 1.70. The van der Waals surface area contributed by atoms with E-state index in [0.717, 1.165) is 34.8 Å². The third-order valence-corrected chi connectivity index (χ3v) is 4.60. The molecule has 0 aliphatic carbocycles. The molecule has 5 heteroatoms. The van der Waals surface area contributed by atoms with Crippen LogP contribution in [0.2, 0.25) is 0 Å². The Bertz CT molecular complexity index is 763. The molecule has 118 valence electrons. The van der Waals surface area contributed by atoms with Crippen LogP contribution in [-0.4, -0.2) is 18.0 Å². The van der Waals surface area contributed by atoms with E-state index in [9.17, 15) is 4.79 Å². The normalized spacial score (nSPS) is 10.7. The van der Waals surface area contributed by atoms with Crippen LogP contribution in [0.4, 0.5) is 5.69 Å². The standard InChI is InChI=1S/C18H18N2O2S/c1-22-14-11-9-13(10-12-14)19-17(21)7-4-8-18-20-15-5-2-3-6-16(15)23-18/h2-3,5-6,9-12H,4,7-8H2,1H3,(H,19,21). The molecular formula is C18H18N2O2S. The van der Waals surface area contributed by atoms with Gasteiger partial charge in [0.05, 0.1) is 22.3 Å². The van der Waals surface area contributed by atoms with Crippen molar-refractivity contribution in [2.75, 3.05) is 12.4 Å². The molecule has 3 aromatic rings.